The molecular weight excluding hydrogens is 350 g/mol. The summed E-state index contributed by atoms with van der Waals surface area (Å²) in [5.74, 6) is -0.171. The topological polar surface area (TPSA) is 83.6 Å². The average Bonchev–Trinajstić information content (AvgIpc) is 3.03. The van der Waals surface area contributed by atoms with E-state index in [1.54, 1.807) is 19.3 Å². The van der Waals surface area contributed by atoms with Gasteiger partial charge in [0.15, 0.2) is 0 Å². The van der Waals surface area contributed by atoms with Gasteiger partial charge in [-0.3, -0.25) is 9.78 Å². The Morgan fingerprint density at radius 3 is 2.75 bits per heavy atom. The molecule has 0 radical (unpaired) electrons. The Morgan fingerprint density at radius 2 is 1.96 bits per heavy atom. The summed E-state index contributed by atoms with van der Waals surface area (Å²) in [6.07, 6.45) is 6.67. The van der Waals surface area contributed by atoms with Crippen molar-refractivity contribution in [3.05, 3.63) is 77.1 Å². The fraction of sp³-hybridized carbons (Fsp3) is 0.182. The number of aryl methyl sites for hydroxylation is 3. The predicted molar refractivity (Wildman–Crippen MR) is 109 cm³/mol. The van der Waals surface area contributed by atoms with Gasteiger partial charge in [0.1, 0.15) is 6.33 Å². The molecule has 4 aromatic rings. The number of aromatic amines is 1. The number of carbonyl (C=O) groups excluding carboxylic acids is 1. The maximum Gasteiger partial charge on any atom is 0.254 e. The number of rotatable bonds is 4. The average molecular weight is 371 g/mol. The molecule has 0 bridgehead atoms. The summed E-state index contributed by atoms with van der Waals surface area (Å²) >= 11 is 0. The van der Waals surface area contributed by atoms with Crippen LogP contribution in [0.4, 0.5) is 0 Å². The number of fused-ring (bicyclic) bond motifs is 1. The number of pyridine rings is 1. The molecular formula is C22H21N5O. The fourth-order valence-electron chi connectivity index (χ4n) is 3.37. The van der Waals surface area contributed by atoms with E-state index >= 15 is 0 Å². The van der Waals surface area contributed by atoms with E-state index in [1.807, 2.05) is 18.3 Å². The van der Waals surface area contributed by atoms with E-state index in [0.717, 1.165) is 27.7 Å². The molecule has 0 aliphatic rings. The second-order valence-electron chi connectivity index (χ2n) is 6.90. The highest BCUT2D eigenvalue weighted by molar-refractivity contribution is 5.95. The number of amides is 1. The zero-order valence-corrected chi connectivity index (χ0v) is 16.1. The first-order valence-corrected chi connectivity index (χ1v) is 9.11. The number of benzene rings is 1. The first kappa shape index (κ1) is 17.9. The van der Waals surface area contributed by atoms with Gasteiger partial charge in [-0.25, -0.2) is 9.97 Å². The normalized spacial score (nSPS) is 11.0. The van der Waals surface area contributed by atoms with Crippen molar-refractivity contribution in [3.8, 4) is 11.3 Å². The van der Waals surface area contributed by atoms with E-state index in [1.165, 1.54) is 17.5 Å². The van der Waals surface area contributed by atoms with Crippen molar-refractivity contribution in [3.63, 3.8) is 0 Å². The Morgan fingerprint density at radius 1 is 1.11 bits per heavy atom. The number of aromatic nitrogens is 4. The third-order valence-corrected chi connectivity index (χ3v) is 5.04. The quantitative estimate of drug-likeness (QED) is 0.570. The van der Waals surface area contributed by atoms with E-state index in [0.29, 0.717) is 17.8 Å². The molecule has 3 heterocycles. The molecule has 0 spiro atoms. The smallest absolute Gasteiger partial charge is 0.254 e. The molecule has 0 saturated carbocycles. The lowest BCUT2D eigenvalue weighted by atomic mass is 10.0. The largest absolute Gasteiger partial charge is 0.354 e. The summed E-state index contributed by atoms with van der Waals surface area (Å²) in [4.78, 5) is 28.1. The monoisotopic (exact) mass is 371 g/mol. The molecule has 4 rings (SSSR count). The van der Waals surface area contributed by atoms with Crippen molar-refractivity contribution in [2.24, 2.45) is 0 Å². The lowest BCUT2D eigenvalue weighted by Gasteiger charge is -2.07. The van der Waals surface area contributed by atoms with Crippen molar-refractivity contribution in [2.75, 3.05) is 0 Å². The number of hydrogen-bond acceptors (Lipinski definition) is 4. The van der Waals surface area contributed by atoms with Crippen molar-refractivity contribution in [2.45, 2.75) is 27.3 Å². The van der Waals surface area contributed by atoms with Crippen LogP contribution in [-0.2, 0) is 6.54 Å². The van der Waals surface area contributed by atoms with Crippen LogP contribution in [0, 0.1) is 20.8 Å². The fourth-order valence-corrected chi connectivity index (χ4v) is 3.37. The summed E-state index contributed by atoms with van der Waals surface area (Å²) in [5.41, 5.74) is 7.80. The SMILES string of the molecule is Cc1ccncc1-c1[nH]c2ccc(CNC(=O)c3cncnc3C)cc2c1C. The summed E-state index contributed by atoms with van der Waals surface area (Å²) in [7, 11) is 0. The first-order chi connectivity index (χ1) is 13.5. The molecule has 1 aromatic carbocycles. The van der Waals surface area contributed by atoms with Gasteiger partial charge in [0, 0.05) is 41.6 Å². The van der Waals surface area contributed by atoms with Gasteiger partial charge in [0.2, 0.25) is 0 Å². The first-order valence-electron chi connectivity index (χ1n) is 9.11. The number of hydrogen-bond donors (Lipinski definition) is 2. The number of nitrogens with zero attached hydrogens (tertiary/aromatic N) is 3. The molecule has 6 heteroatoms. The van der Waals surface area contributed by atoms with Crippen LogP contribution in [0.25, 0.3) is 22.2 Å². The number of carbonyl (C=O) groups is 1. The highest BCUT2D eigenvalue weighted by atomic mass is 16.1. The zero-order chi connectivity index (χ0) is 19.7. The summed E-state index contributed by atoms with van der Waals surface area (Å²) in [5, 5.41) is 4.09. The Kier molecular flexibility index (Phi) is 4.61. The Hall–Kier alpha value is -3.54. The van der Waals surface area contributed by atoms with Gasteiger partial charge < -0.3 is 10.3 Å². The van der Waals surface area contributed by atoms with Gasteiger partial charge in [-0.05, 0) is 55.7 Å². The molecule has 6 nitrogen and oxygen atoms in total. The molecule has 2 N–H and O–H groups in total. The van der Waals surface area contributed by atoms with Crippen LogP contribution >= 0.6 is 0 Å². The van der Waals surface area contributed by atoms with Gasteiger partial charge >= 0.3 is 0 Å². The van der Waals surface area contributed by atoms with Crippen LogP contribution in [0.1, 0.15) is 32.7 Å². The van der Waals surface area contributed by atoms with Gasteiger partial charge in [-0.1, -0.05) is 6.07 Å². The van der Waals surface area contributed by atoms with E-state index in [9.17, 15) is 4.79 Å². The zero-order valence-electron chi connectivity index (χ0n) is 16.1. The van der Waals surface area contributed by atoms with E-state index in [-0.39, 0.29) is 5.91 Å². The highest BCUT2D eigenvalue weighted by Gasteiger charge is 2.13. The minimum absolute atomic E-state index is 0.171. The molecule has 0 aliphatic heterocycles. The number of H-pyrrole nitrogens is 1. The molecule has 0 saturated heterocycles. The molecule has 0 fully saturated rings. The molecule has 28 heavy (non-hydrogen) atoms. The Balaban J connectivity index is 1.60. The third-order valence-electron chi connectivity index (χ3n) is 5.04. The van der Waals surface area contributed by atoms with Gasteiger partial charge in [0.25, 0.3) is 5.91 Å². The van der Waals surface area contributed by atoms with Crippen molar-refractivity contribution in [1.82, 2.24) is 25.3 Å². The van der Waals surface area contributed by atoms with Gasteiger partial charge in [-0.15, -0.1) is 0 Å². The molecule has 0 atom stereocenters. The van der Waals surface area contributed by atoms with Crippen LogP contribution in [0.3, 0.4) is 0 Å². The minimum atomic E-state index is -0.171. The third kappa shape index (κ3) is 3.24. The van der Waals surface area contributed by atoms with Crippen LogP contribution in [0.5, 0.6) is 0 Å². The molecule has 0 unspecified atom stereocenters. The lowest BCUT2D eigenvalue weighted by Crippen LogP contribution is -2.24. The van der Waals surface area contributed by atoms with E-state index in [2.05, 4.69) is 51.2 Å². The lowest BCUT2D eigenvalue weighted by molar-refractivity contribution is 0.0949. The van der Waals surface area contributed by atoms with Gasteiger partial charge in [-0.2, -0.15) is 0 Å². The highest BCUT2D eigenvalue weighted by Crippen LogP contribution is 2.31. The maximum absolute atomic E-state index is 12.4. The van der Waals surface area contributed by atoms with Crippen LogP contribution < -0.4 is 5.32 Å². The van der Waals surface area contributed by atoms with Crippen LogP contribution in [0.2, 0.25) is 0 Å². The summed E-state index contributed by atoms with van der Waals surface area (Å²) in [6.45, 7) is 6.43. The van der Waals surface area contributed by atoms with Crippen molar-refractivity contribution in [1.29, 1.82) is 0 Å². The second kappa shape index (κ2) is 7.23. The molecule has 1 amide bonds. The van der Waals surface area contributed by atoms with E-state index < -0.39 is 0 Å². The van der Waals surface area contributed by atoms with Crippen molar-refractivity contribution >= 4 is 16.8 Å². The van der Waals surface area contributed by atoms with Crippen LogP contribution in [0.15, 0.2) is 49.2 Å². The number of nitrogens with one attached hydrogen (secondary N) is 2. The molecule has 3 aromatic heterocycles. The Bertz CT molecular complexity index is 1180. The summed E-state index contributed by atoms with van der Waals surface area (Å²) < 4.78 is 0. The predicted octanol–water partition coefficient (Wildman–Crippen LogP) is 3.88. The second-order valence-corrected chi connectivity index (χ2v) is 6.90. The standard InChI is InChI=1S/C22H21N5O/c1-13-6-7-23-10-18(13)21-14(2)17-8-16(4-5-20(17)27-21)9-25-22(28)19-11-24-12-26-15(19)3/h4-8,10-12,27H,9H2,1-3H3,(H,25,28). The molecule has 140 valence electrons. The maximum atomic E-state index is 12.4. The summed E-state index contributed by atoms with van der Waals surface area (Å²) in [6, 6.07) is 8.20. The van der Waals surface area contributed by atoms with Gasteiger partial charge in [0.05, 0.1) is 17.0 Å². The van der Waals surface area contributed by atoms with Crippen LogP contribution in [-0.4, -0.2) is 25.8 Å². The Labute approximate surface area is 163 Å². The van der Waals surface area contributed by atoms with Crippen molar-refractivity contribution < 1.29 is 4.79 Å². The van der Waals surface area contributed by atoms with E-state index in [4.69, 9.17) is 0 Å². The molecule has 0 aliphatic carbocycles. The minimum Gasteiger partial charge on any atom is -0.354 e.